The molecule has 2 rings (SSSR count). The molecule has 0 aromatic carbocycles. The highest BCUT2D eigenvalue weighted by molar-refractivity contribution is 7.09. The van der Waals surface area contributed by atoms with E-state index >= 15 is 0 Å². The van der Waals surface area contributed by atoms with Crippen LogP contribution >= 0.6 is 11.3 Å². The molecule has 0 radical (unpaired) electrons. The van der Waals surface area contributed by atoms with Crippen LogP contribution in [0, 0.1) is 0 Å². The number of carbonyl (C=O) groups excluding carboxylic acids is 1. The van der Waals surface area contributed by atoms with Gasteiger partial charge in [-0.3, -0.25) is 4.79 Å². The first-order valence-corrected chi connectivity index (χ1v) is 6.85. The largest absolute Gasteiger partial charge is 0.339 e. The molecular formula is C14H16N2OS. The molecule has 1 aromatic rings. The van der Waals surface area contributed by atoms with Crippen LogP contribution in [0.15, 0.2) is 17.9 Å². The fraction of sp³-hybridized carbons (Fsp3) is 0.357. The predicted octanol–water partition coefficient (Wildman–Crippen LogP) is 1.19. The van der Waals surface area contributed by atoms with Gasteiger partial charge in [-0.1, -0.05) is 6.92 Å². The molecule has 1 aromatic heterocycles. The minimum atomic E-state index is 0.177. The third-order valence-corrected chi connectivity index (χ3v) is 3.68. The minimum Gasteiger partial charge on any atom is -0.339 e. The molecule has 1 amide bonds. The molecule has 18 heavy (non-hydrogen) atoms. The summed E-state index contributed by atoms with van der Waals surface area (Å²) >= 11 is 1.63. The monoisotopic (exact) mass is 260 g/mol. The van der Waals surface area contributed by atoms with E-state index < -0.39 is 0 Å². The lowest BCUT2D eigenvalue weighted by atomic mass is 10.3. The maximum atomic E-state index is 11.7. The molecule has 4 heteroatoms. The minimum absolute atomic E-state index is 0.177. The van der Waals surface area contributed by atoms with E-state index in [4.69, 9.17) is 0 Å². The van der Waals surface area contributed by atoms with Crippen molar-refractivity contribution < 1.29 is 4.79 Å². The molecule has 1 aliphatic carbocycles. The van der Waals surface area contributed by atoms with E-state index in [1.807, 2.05) is 38.3 Å². The molecular weight excluding hydrogens is 244 g/mol. The Morgan fingerprint density at radius 3 is 3.00 bits per heavy atom. The highest BCUT2D eigenvalue weighted by Crippen LogP contribution is 2.04. The third-order valence-electron chi connectivity index (χ3n) is 2.66. The Kier molecular flexibility index (Phi) is 4.13. The Morgan fingerprint density at radius 1 is 1.44 bits per heavy atom. The molecule has 94 valence electrons. The molecule has 0 N–H and O–H groups in total. The van der Waals surface area contributed by atoms with E-state index in [0.29, 0.717) is 13.0 Å². The van der Waals surface area contributed by atoms with Gasteiger partial charge in [0.15, 0.2) is 0 Å². The fourth-order valence-corrected chi connectivity index (χ4v) is 2.71. The average Bonchev–Trinajstić information content (AvgIpc) is 2.59. The molecule has 1 heterocycles. The number of nitrogens with zero attached hydrogens (tertiary/aromatic N) is 2. The van der Waals surface area contributed by atoms with Crippen molar-refractivity contribution >= 4 is 29.4 Å². The first-order chi connectivity index (χ1) is 8.70. The van der Waals surface area contributed by atoms with Gasteiger partial charge in [0, 0.05) is 13.5 Å². The molecule has 0 saturated carbocycles. The zero-order valence-electron chi connectivity index (χ0n) is 10.6. The molecule has 0 unspecified atom stereocenters. The van der Waals surface area contributed by atoms with Crippen molar-refractivity contribution in [3.8, 4) is 0 Å². The van der Waals surface area contributed by atoms with Crippen LogP contribution in [-0.2, 0) is 11.3 Å². The second-order valence-electron chi connectivity index (χ2n) is 4.19. The van der Waals surface area contributed by atoms with Gasteiger partial charge in [0.2, 0.25) is 5.91 Å². The SMILES string of the molecule is CCCC(=O)N(C)Cc1nc2c(s1)=CC=C=CC=2. The lowest BCUT2D eigenvalue weighted by Gasteiger charge is -2.14. The van der Waals surface area contributed by atoms with Gasteiger partial charge in [-0.2, -0.15) is 0 Å². The van der Waals surface area contributed by atoms with Gasteiger partial charge in [-0.15, -0.1) is 17.1 Å². The van der Waals surface area contributed by atoms with Gasteiger partial charge in [0.25, 0.3) is 0 Å². The highest BCUT2D eigenvalue weighted by atomic mass is 32.1. The normalized spacial score (nSPS) is 12.3. The maximum absolute atomic E-state index is 11.7. The maximum Gasteiger partial charge on any atom is 0.222 e. The van der Waals surface area contributed by atoms with Crippen molar-refractivity contribution in [1.29, 1.82) is 0 Å². The topological polar surface area (TPSA) is 33.2 Å². The molecule has 1 aliphatic rings. The van der Waals surface area contributed by atoms with Gasteiger partial charge in [-0.25, -0.2) is 4.98 Å². The lowest BCUT2D eigenvalue weighted by molar-refractivity contribution is -0.130. The standard InChI is InChI=1S/C14H16N2OS/c1-3-7-14(17)16(2)10-13-15-11-8-5-4-6-9-12(11)18-13/h5-6,8-9H,3,7,10H2,1-2H3. The Hall–Kier alpha value is -1.64. The number of thiazole rings is 1. The van der Waals surface area contributed by atoms with Crippen molar-refractivity contribution in [1.82, 2.24) is 9.88 Å². The average molecular weight is 260 g/mol. The molecule has 0 aliphatic heterocycles. The summed E-state index contributed by atoms with van der Waals surface area (Å²) in [6.45, 7) is 2.60. The predicted molar refractivity (Wildman–Crippen MR) is 74.3 cm³/mol. The number of fused-ring (bicyclic) bond motifs is 1. The number of rotatable bonds is 4. The molecule has 0 bridgehead atoms. The molecule has 3 nitrogen and oxygen atoms in total. The van der Waals surface area contributed by atoms with Crippen LogP contribution in [0.1, 0.15) is 24.8 Å². The molecule has 0 atom stereocenters. The zero-order chi connectivity index (χ0) is 13.0. The second-order valence-corrected chi connectivity index (χ2v) is 5.31. The first-order valence-electron chi connectivity index (χ1n) is 6.03. The summed E-state index contributed by atoms with van der Waals surface area (Å²) in [5.41, 5.74) is 3.02. The molecule has 0 fully saturated rings. The van der Waals surface area contributed by atoms with Crippen LogP contribution in [-0.4, -0.2) is 22.8 Å². The van der Waals surface area contributed by atoms with Crippen molar-refractivity contribution in [3.63, 3.8) is 0 Å². The number of amides is 1. The number of hydrogen-bond acceptors (Lipinski definition) is 3. The summed E-state index contributed by atoms with van der Waals surface area (Å²) in [7, 11) is 1.83. The Labute approximate surface area is 110 Å². The zero-order valence-corrected chi connectivity index (χ0v) is 11.5. The van der Waals surface area contributed by atoms with E-state index in [2.05, 4.69) is 10.7 Å². The Bertz CT molecular complexity index is 583. The quantitative estimate of drug-likeness (QED) is 0.762. The van der Waals surface area contributed by atoms with Gasteiger partial charge >= 0.3 is 0 Å². The lowest BCUT2D eigenvalue weighted by Crippen LogP contribution is -2.26. The summed E-state index contributed by atoms with van der Waals surface area (Å²) in [6, 6.07) is 0. The summed E-state index contributed by atoms with van der Waals surface area (Å²) in [5, 5.41) is 1.94. The van der Waals surface area contributed by atoms with E-state index in [9.17, 15) is 4.79 Å². The molecule has 0 saturated heterocycles. The summed E-state index contributed by atoms with van der Waals surface area (Å²) in [5.74, 6) is 0.177. The Morgan fingerprint density at radius 2 is 2.22 bits per heavy atom. The summed E-state index contributed by atoms with van der Waals surface area (Å²) in [4.78, 5) is 18.0. The van der Waals surface area contributed by atoms with Gasteiger partial charge in [0.1, 0.15) is 5.01 Å². The third kappa shape index (κ3) is 2.97. The second kappa shape index (κ2) is 5.80. The van der Waals surface area contributed by atoms with Crippen LogP contribution in [0.4, 0.5) is 0 Å². The van der Waals surface area contributed by atoms with Crippen molar-refractivity contribution in [2.75, 3.05) is 7.05 Å². The number of allylic oxidation sites excluding steroid dienone is 1. The first kappa shape index (κ1) is 12.8. The van der Waals surface area contributed by atoms with E-state index in [0.717, 1.165) is 21.3 Å². The number of carbonyl (C=O) groups is 1. The number of hydrogen-bond donors (Lipinski definition) is 0. The van der Waals surface area contributed by atoms with Crippen LogP contribution in [0.25, 0.3) is 12.2 Å². The van der Waals surface area contributed by atoms with Crippen LogP contribution in [0.5, 0.6) is 0 Å². The summed E-state index contributed by atoms with van der Waals surface area (Å²) < 4.78 is 1.13. The van der Waals surface area contributed by atoms with E-state index in [1.165, 1.54) is 0 Å². The van der Waals surface area contributed by atoms with E-state index in [-0.39, 0.29) is 5.91 Å². The van der Waals surface area contributed by atoms with Gasteiger partial charge < -0.3 is 4.90 Å². The van der Waals surface area contributed by atoms with E-state index in [1.54, 1.807) is 16.2 Å². The highest BCUT2D eigenvalue weighted by Gasteiger charge is 2.10. The van der Waals surface area contributed by atoms with Crippen molar-refractivity contribution in [2.45, 2.75) is 26.3 Å². The number of aromatic nitrogens is 1. The van der Waals surface area contributed by atoms with Crippen LogP contribution < -0.4 is 9.88 Å². The van der Waals surface area contributed by atoms with Gasteiger partial charge in [0.05, 0.1) is 16.4 Å². The Balaban J connectivity index is 2.16. The van der Waals surface area contributed by atoms with Crippen LogP contribution in [0.2, 0.25) is 0 Å². The van der Waals surface area contributed by atoms with Crippen LogP contribution in [0.3, 0.4) is 0 Å². The smallest absolute Gasteiger partial charge is 0.222 e. The fourth-order valence-electron chi connectivity index (χ4n) is 1.70. The van der Waals surface area contributed by atoms with Crippen molar-refractivity contribution in [3.05, 3.63) is 32.8 Å². The summed E-state index contributed by atoms with van der Waals surface area (Å²) in [6.07, 6.45) is 9.18. The molecule has 0 spiro atoms. The van der Waals surface area contributed by atoms with Gasteiger partial charge in [-0.05, 0) is 30.7 Å². The van der Waals surface area contributed by atoms with Crippen molar-refractivity contribution in [2.24, 2.45) is 0 Å².